The molecule has 0 atom stereocenters. The monoisotopic (exact) mass is 369 g/mol. The van der Waals surface area contributed by atoms with Gasteiger partial charge in [0.05, 0.1) is 13.2 Å². The number of carbonyl (C=O) groups excluding carboxylic acids is 1. The number of carbonyl (C=O) groups is 1. The number of anilines is 1. The molecule has 144 valence electrons. The van der Waals surface area contributed by atoms with E-state index in [1.807, 2.05) is 37.3 Å². The Morgan fingerprint density at radius 3 is 2.67 bits per heavy atom. The van der Waals surface area contributed by atoms with Crippen LogP contribution in [0, 0.1) is 6.92 Å². The summed E-state index contributed by atoms with van der Waals surface area (Å²) in [6.07, 6.45) is 4.30. The summed E-state index contributed by atoms with van der Waals surface area (Å²) in [4.78, 5) is 25.0. The summed E-state index contributed by atoms with van der Waals surface area (Å²) >= 11 is 0. The van der Waals surface area contributed by atoms with Gasteiger partial charge in [-0.1, -0.05) is 12.1 Å². The second kappa shape index (κ2) is 9.87. The first kappa shape index (κ1) is 19.1. The van der Waals surface area contributed by atoms with Crippen LogP contribution in [0.5, 0.6) is 5.75 Å². The third-order valence-electron chi connectivity index (χ3n) is 4.48. The maximum absolute atomic E-state index is 12.1. The first-order valence-electron chi connectivity index (χ1n) is 9.41. The van der Waals surface area contributed by atoms with Crippen LogP contribution in [-0.2, 0) is 4.79 Å². The molecule has 1 amide bonds. The minimum atomic E-state index is 0.0648. The lowest BCUT2D eigenvalue weighted by Gasteiger charge is -2.34. The second-order valence-electron chi connectivity index (χ2n) is 6.68. The molecule has 0 aliphatic carbocycles. The number of rotatable bonds is 8. The molecule has 3 rings (SSSR count). The highest BCUT2D eigenvalue weighted by atomic mass is 16.5. The van der Waals surface area contributed by atoms with Gasteiger partial charge in [-0.25, -0.2) is 9.97 Å². The van der Waals surface area contributed by atoms with Gasteiger partial charge >= 0.3 is 0 Å². The molecule has 1 aliphatic rings. The minimum Gasteiger partial charge on any atom is -0.494 e. The molecule has 1 fully saturated rings. The number of piperazine rings is 1. The quantitative estimate of drug-likeness (QED) is 0.711. The molecule has 27 heavy (non-hydrogen) atoms. The molecule has 1 N–H and O–H groups in total. The normalized spacial score (nSPS) is 14.8. The highest BCUT2D eigenvalue weighted by Crippen LogP contribution is 2.12. The number of ether oxygens (including phenoxy) is 1. The first-order valence-corrected chi connectivity index (χ1v) is 9.41. The molecule has 0 radical (unpaired) electrons. The summed E-state index contributed by atoms with van der Waals surface area (Å²) in [5.41, 5.74) is 1.18. The first-order chi connectivity index (χ1) is 13.2. The summed E-state index contributed by atoms with van der Waals surface area (Å²) in [6.45, 7) is 7.04. The molecular formula is C20H27N5O2. The molecule has 1 aromatic carbocycles. The van der Waals surface area contributed by atoms with Crippen molar-refractivity contribution in [2.24, 2.45) is 0 Å². The van der Waals surface area contributed by atoms with E-state index in [0.717, 1.165) is 44.3 Å². The molecule has 0 bridgehead atoms. The molecule has 1 aliphatic heterocycles. The standard InChI is InChI=1S/C20H27N5O2/c1-17-5-2-6-18(15-17)27-14-4-9-21-19(26)16-24-10-12-25(13-11-24)20-22-7-3-8-23-20/h2-3,5-8,15H,4,9-14,16H2,1H3,(H,21,26). The van der Waals surface area contributed by atoms with Gasteiger partial charge in [0.15, 0.2) is 0 Å². The fourth-order valence-corrected chi connectivity index (χ4v) is 3.01. The SMILES string of the molecule is Cc1cccc(OCCCNC(=O)CN2CCN(c3ncccn3)CC2)c1. The summed E-state index contributed by atoms with van der Waals surface area (Å²) in [5.74, 6) is 1.70. The minimum absolute atomic E-state index is 0.0648. The van der Waals surface area contributed by atoms with Crippen molar-refractivity contribution in [3.63, 3.8) is 0 Å². The maximum Gasteiger partial charge on any atom is 0.234 e. The largest absolute Gasteiger partial charge is 0.494 e. The number of amides is 1. The van der Waals surface area contributed by atoms with Crippen LogP contribution in [0.3, 0.4) is 0 Å². The van der Waals surface area contributed by atoms with E-state index < -0.39 is 0 Å². The summed E-state index contributed by atoms with van der Waals surface area (Å²) < 4.78 is 5.69. The third kappa shape index (κ3) is 6.21. The fourth-order valence-electron chi connectivity index (χ4n) is 3.01. The van der Waals surface area contributed by atoms with Gasteiger partial charge in [0, 0.05) is 45.1 Å². The van der Waals surface area contributed by atoms with Crippen molar-refractivity contribution in [3.8, 4) is 5.75 Å². The van der Waals surface area contributed by atoms with Gasteiger partial charge in [-0.3, -0.25) is 9.69 Å². The number of aromatic nitrogens is 2. The van der Waals surface area contributed by atoms with Crippen molar-refractivity contribution in [1.82, 2.24) is 20.2 Å². The molecule has 2 aromatic rings. The lowest BCUT2D eigenvalue weighted by atomic mass is 10.2. The molecule has 7 heteroatoms. The van der Waals surface area contributed by atoms with Crippen LogP contribution < -0.4 is 15.0 Å². The highest BCUT2D eigenvalue weighted by molar-refractivity contribution is 5.78. The predicted octanol–water partition coefficient (Wildman–Crippen LogP) is 1.49. The Balaban J connectivity index is 1.28. The van der Waals surface area contributed by atoms with Gasteiger partial charge in [0.25, 0.3) is 0 Å². The molecule has 2 heterocycles. The topological polar surface area (TPSA) is 70.6 Å². The van der Waals surface area contributed by atoms with E-state index in [1.54, 1.807) is 12.4 Å². The van der Waals surface area contributed by atoms with Gasteiger partial charge in [-0.05, 0) is 37.1 Å². The Hall–Kier alpha value is -2.67. The smallest absolute Gasteiger partial charge is 0.234 e. The molecule has 0 unspecified atom stereocenters. The molecule has 1 aromatic heterocycles. The number of benzene rings is 1. The lowest BCUT2D eigenvalue weighted by Crippen LogP contribution is -2.50. The van der Waals surface area contributed by atoms with Crippen molar-refractivity contribution in [2.75, 3.05) is 50.8 Å². The molecule has 1 saturated heterocycles. The van der Waals surface area contributed by atoms with Crippen molar-refractivity contribution in [3.05, 3.63) is 48.3 Å². The van der Waals surface area contributed by atoms with Gasteiger partial charge < -0.3 is 15.0 Å². The van der Waals surface area contributed by atoms with E-state index in [-0.39, 0.29) is 5.91 Å². The van der Waals surface area contributed by atoms with Gasteiger partial charge in [0.1, 0.15) is 5.75 Å². The Labute approximate surface area is 160 Å². The Bertz CT molecular complexity index is 717. The van der Waals surface area contributed by atoms with Crippen LogP contribution in [0.1, 0.15) is 12.0 Å². The van der Waals surface area contributed by atoms with Crippen LogP contribution in [0.25, 0.3) is 0 Å². The zero-order valence-corrected chi connectivity index (χ0v) is 15.8. The average molecular weight is 369 g/mol. The van der Waals surface area contributed by atoms with Crippen molar-refractivity contribution in [1.29, 1.82) is 0 Å². The lowest BCUT2D eigenvalue weighted by molar-refractivity contribution is -0.122. The number of hydrogen-bond donors (Lipinski definition) is 1. The summed E-state index contributed by atoms with van der Waals surface area (Å²) in [7, 11) is 0. The summed E-state index contributed by atoms with van der Waals surface area (Å²) in [6, 6.07) is 9.80. The predicted molar refractivity (Wildman–Crippen MR) is 105 cm³/mol. The van der Waals surface area contributed by atoms with E-state index >= 15 is 0 Å². The number of nitrogens with one attached hydrogen (secondary N) is 1. The third-order valence-corrected chi connectivity index (χ3v) is 4.48. The van der Waals surface area contributed by atoms with Crippen molar-refractivity contribution < 1.29 is 9.53 Å². The number of hydrogen-bond acceptors (Lipinski definition) is 6. The summed E-state index contributed by atoms with van der Waals surface area (Å²) in [5, 5.41) is 2.97. The van der Waals surface area contributed by atoms with E-state index in [4.69, 9.17) is 4.74 Å². The molecular weight excluding hydrogens is 342 g/mol. The maximum atomic E-state index is 12.1. The van der Waals surface area contributed by atoms with Crippen LogP contribution in [-0.4, -0.2) is 66.7 Å². The Morgan fingerprint density at radius 1 is 1.15 bits per heavy atom. The van der Waals surface area contributed by atoms with Crippen molar-refractivity contribution in [2.45, 2.75) is 13.3 Å². The van der Waals surface area contributed by atoms with Crippen LogP contribution in [0.15, 0.2) is 42.7 Å². The van der Waals surface area contributed by atoms with Crippen LogP contribution in [0.4, 0.5) is 5.95 Å². The molecule has 0 spiro atoms. The van der Waals surface area contributed by atoms with E-state index in [1.165, 1.54) is 5.56 Å². The number of nitrogens with zero attached hydrogens (tertiary/aromatic N) is 4. The van der Waals surface area contributed by atoms with Gasteiger partial charge in [-0.15, -0.1) is 0 Å². The molecule has 0 saturated carbocycles. The highest BCUT2D eigenvalue weighted by Gasteiger charge is 2.20. The van der Waals surface area contributed by atoms with E-state index in [0.29, 0.717) is 19.7 Å². The van der Waals surface area contributed by atoms with E-state index in [9.17, 15) is 4.79 Å². The Morgan fingerprint density at radius 2 is 1.93 bits per heavy atom. The molecule has 7 nitrogen and oxygen atoms in total. The zero-order valence-electron chi connectivity index (χ0n) is 15.8. The average Bonchev–Trinajstić information content (AvgIpc) is 2.69. The van der Waals surface area contributed by atoms with E-state index in [2.05, 4.69) is 25.1 Å². The fraction of sp³-hybridized carbons (Fsp3) is 0.450. The van der Waals surface area contributed by atoms with Crippen LogP contribution in [0.2, 0.25) is 0 Å². The second-order valence-corrected chi connectivity index (χ2v) is 6.68. The van der Waals surface area contributed by atoms with Crippen molar-refractivity contribution >= 4 is 11.9 Å². The van der Waals surface area contributed by atoms with Crippen LogP contribution >= 0.6 is 0 Å². The zero-order chi connectivity index (χ0) is 18.9. The number of aryl methyl sites for hydroxylation is 1. The van der Waals surface area contributed by atoms with Gasteiger partial charge in [-0.2, -0.15) is 0 Å². The Kier molecular flexibility index (Phi) is 6.98. The van der Waals surface area contributed by atoms with Gasteiger partial charge in [0.2, 0.25) is 11.9 Å².